The van der Waals surface area contributed by atoms with E-state index in [0.29, 0.717) is 32.1 Å². The van der Waals surface area contributed by atoms with Crippen molar-refractivity contribution in [2.45, 2.75) is 58.8 Å². The second-order valence-corrected chi connectivity index (χ2v) is 11.7. The molecular formula is C30H39F3N6O2. The molecule has 2 N–H and O–H groups in total. The summed E-state index contributed by atoms with van der Waals surface area (Å²) in [7, 11) is 0. The minimum absolute atomic E-state index is 0.132. The van der Waals surface area contributed by atoms with E-state index in [2.05, 4.69) is 5.10 Å². The molecule has 41 heavy (non-hydrogen) atoms. The van der Waals surface area contributed by atoms with Gasteiger partial charge in [0.05, 0.1) is 25.3 Å². The highest BCUT2D eigenvalue weighted by molar-refractivity contribution is 5.75. The van der Waals surface area contributed by atoms with Gasteiger partial charge in [-0.3, -0.25) is 0 Å². The second kappa shape index (κ2) is 13.0. The van der Waals surface area contributed by atoms with Crippen LogP contribution in [-0.4, -0.2) is 75.7 Å². The SMILES string of the molecule is C[C@@H]1CN(C(=O)N(CC[C@H](N)CF)[C@@H](c2nc(-c3cc(F)cc(F)c3)nn2Cc2ccccc2)C(C)(C)C)CCO1. The Morgan fingerprint density at radius 1 is 1.17 bits per heavy atom. The van der Waals surface area contributed by atoms with Crippen molar-refractivity contribution in [3.8, 4) is 11.4 Å². The standard InChI is InChI=1S/C30H39F3N6O2/c1-20-18-37(12-13-41-20)29(40)38(11-10-25(34)17-31)26(30(2,3)4)28-35-27(22-14-23(32)16-24(33)15-22)36-39(28)19-21-8-6-5-7-9-21/h5-9,14-16,20,25-26H,10-13,17-19,34H2,1-4H3/t20-,25+,26+/m1/s1. The fourth-order valence-electron chi connectivity index (χ4n) is 5.12. The number of morpholine rings is 1. The van der Waals surface area contributed by atoms with Crippen molar-refractivity contribution in [2.24, 2.45) is 11.1 Å². The summed E-state index contributed by atoms with van der Waals surface area (Å²) in [4.78, 5) is 22.4. The van der Waals surface area contributed by atoms with Crippen LogP contribution in [0.2, 0.25) is 0 Å². The first-order chi connectivity index (χ1) is 19.5. The van der Waals surface area contributed by atoms with Crippen molar-refractivity contribution in [3.05, 3.63) is 71.6 Å². The normalized spacial score (nSPS) is 17.4. The molecule has 0 bridgehead atoms. The van der Waals surface area contributed by atoms with Crippen LogP contribution in [0, 0.1) is 17.0 Å². The van der Waals surface area contributed by atoms with E-state index in [4.69, 9.17) is 15.5 Å². The Morgan fingerprint density at radius 3 is 2.46 bits per heavy atom. The first-order valence-electron chi connectivity index (χ1n) is 13.9. The third kappa shape index (κ3) is 7.65. The predicted molar refractivity (Wildman–Crippen MR) is 151 cm³/mol. The minimum atomic E-state index is -0.744. The number of carbonyl (C=O) groups excluding carboxylic acids is 1. The third-order valence-corrected chi connectivity index (χ3v) is 7.07. The molecule has 0 spiro atoms. The number of hydrogen-bond donors (Lipinski definition) is 1. The Kier molecular flexibility index (Phi) is 9.70. The van der Waals surface area contributed by atoms with Crippen molar-refractivity contribution in [3.63, 3.8) is 0 Å². The Balaban J connectivity index is 1.85. The molecule has 1 saturated heterocycles. The first-order valence-corrected chi connectivity index (χ1v) is 13.9. The smallest absolute Gasteiger partial charge is 0.320 e. The molecule has 2 amide bonds. The van der Waals surface area contributed by atoms with Gasteiger partial charge in [-0.25, -0.2) is 27.6 Å². The molecule has 3 aromatic rings. The number of halogens is 3. The Morgan fingerprint density at radius 2 is 1.85 bits per heavy atom. The molecule has 3 atom stereocenters. The number of ether oxygens (including phenoxy) is 1. The lowest BCUT2D eigenvalue weighted by Crippen LogP contribution is -2.54. The maximum atomic E-state index is 14.2. The Labute approximate surface area is 239 Å². The zero-order valence-corrected chi connectivity index (χ0v) is 24.1. The first kappa shape index (κ1) is 30.5. The van der Waals surface area contributed by atoms with Crippen LogP contribution >= 0.6 is 0 Å². The molecule has 0 saturated carbocycles. The van der Waals surface area contributed by atoms with E-state index in [-0.39, 0.29) is 36.5 Å². The molecule has 1 aliphatic rings. The maximum Gasteiger partial charge on any atom is 0.320 e. The van der Waals surface area contributed by atoms with Crippen LogP contribution in [0.15, 0.2) is 48.5 Å². The van der Waals surface area contributed by atoms with Gasteiger partial charge < -0.3 is 20.3 Å². The topological polar surface area (TPSA) is 89.5 Å². The lowest BCUT2D eigenvalue weighted by Gasteiger charge is -2.43. The summed E-state index contributed by atoms with van der Waals surface area (Å²) in [5, 5.41) is 4.69. The average molecular weight is 573 g/mol. The van der Waals surface area contributed by atoms with Crippen molar-refractivity contribution in [1.29, 1.82) is 0 Å². The fraction of sp³-hybridized carbons (Fsp3) is 0.500. The highest BCUT2D eigenvalue weighted by Gasteiger charge is 2.41. The van der Waals surface area contributed by atoms with Gasteiger partial charge in [0.1, 0.15) is 18.3 Å². The van der Waals surface area contributed by atoms with Crippen LogP contribution in [0.1, 0.15) is 51.5 Å². The van der Waals surface area contributed by atoms with Crippen LogP contribution in [0.5, 0.6) is 0 Å². The quantitative estimate of drug-likeness (QED) is 0.381. The lowest BCUT2D eigenvalue weighted by atomic mass is 9.84. The van der Waals surface area contributed by atoms with Crippen LogP contribution in [0.4, 0.5) is 18.0 Å². The number of carbonyl (C=O) groups is 1. The van der Waals surface area contributed by atoms with Crippen molar-refractivity contribution in [1.82, 2.24) is 24.6 Å². The van der Waals surface area contributed by atoms with E-state index in [1.54, 1.807) is 14.5 Å². The molecule has 8 nitrogen and oxygen atoms in total. The fourth-order valence-corrected chi connectivity index (χ4v) is 5.12. The molecule has 1 aromatic heterocycles. The Hall–Kier alpha value is -3.44. The third-order valence-electron chi connectivity index (χ3n) is 7.07. The molecule has 1 aliphatic heterocycles. The van der Waals surface area contributed by atoms with E-state index < -0.39 is 35.8 Å². The lowest BCUT2D eigenvalue weighted by molar-refractivity contribution is -0.0157. The number of alkyl halides is 1. The summed E-state index contributed by atoms with van der Waals surface area (Å²) in [6, 6.07) is 11.1. The minimum Gasteiger partial charge on any atom is -0.375 e. The summed E-state index contributed by atoms with van der Waals surface area (Å²) in [6.45, 7) is 8.87. The molecule has 222 valence electrons. The highest BCUT2D eigenvalue weighted by atomic mass is 19.1. The molecule has 1 fully saturated rings. The predicted octanol–water partition coefficient (Wildman–Crippen LogP) is 5.19. The molecular weight excluding hydrogens is 533 g/mol. The maximum absolute atomic E-state index is 14.2. The van der Waals surface area contributed by atoms with Gasteiger partial charge in [-0.2, -0.15) is 5.10 Å². The number of rotatable bonds is 9. The van der Waals surface area contributed by atoms with Gasteiger partial charge >= 0.3 is 6.03 Å². The van der Waals surface area contributed by atoms with Crippen LogP contribution < -0.4 is 5.73 Å². The van der Waals surface area contributed by atoms with E-state index >= 15 is 0 Å². The monoisotopic (exact) mass is 572 g/mol. The number of hydrogen-bond acceptors (Lipinski definition) is 5. The molecule has 11 heteroatoms. The summed E-state index contributed by atoms with van der Waals surface area (Å²) in [5.74, 6) is -0.903. The van der Waals surface area contributed by atoms with Crippen LogP contribution in [-0.2, 0) is 11.3 Å². The molecule has 0 aliphatic carbocycles. The van der Waals surface area contributed by atoms with E-state index in [1.807, 2.05) is 58.0 Å². The molecule has 0 unspecified atom stereocenters. The zero-order valence-electron chi connectivity index (χ0n) is 24.1. The molecule has 2 aromatic carbocycles. The van der Waals surface area contributed by atoms with Crippen molar-refractivity contribution in [2.75, 3.05) is 32.9 Å². The number of benzene rings is 2. The van der Waals surface area contributed by atoms with Gasteiger partial charge in [0, 0.05) is 37.3 Å². The van der Waals surface area contributed by atoms with Gasteiger partial charge in [-0.05, 0) is 36.5 Å². The number of nitrogens with two attached hydrogens (primary N) is 1. The van der Waals surface area contributed by atoms with Gasteiger partial charge in [0.2, 0.25) is 0 Å². The number of nitrogens with zero attached hydrogens (tertiary/aromatic N) is 5. The average Bonchev–Trinajstić information content (AvgIpc) is 3.32. The van der Waals surface area contributed by atoms with Gasteiger partial charge in [0.15, 0.2) is 11.6 Å². The van der Waals surface area contributed by atoms with Gasteiger partial charge in [0.25, 0.3) is 0 Å². The largest absolute Gasteiger partial charge is 0.375 e. The summed E-state index contributed by atoms with van der Waals surface area (Å²) < 4.78 is 49.1. The Bertz CT molecular complexity index is 1290. The molecule has 2 heterocycles. The second-order valence-electron chi connectivity index (χ2n) is 11.7. The summed E-state index contributed by atoms with van der Waals surface area (Å²) >= 11 is 0. The van der Waals surface area contributed by atoms with Crippen LogP contribution in [0.25, 0.3) is 11.4 Å². The van der Waals surface area contributed by atoms with E-state index in [1.165, 1.54) is 12.1 Å². The molecule has 0 radical (unpaired) electrons. The highest BCUT2D eigenvalue weighted by Crippen LogP contribution is 2.39. The number of amides is 2. The summed E-state index contributed by atoms with van der Waals surface area (Å²) in [6.07, 6.45) is 0.107. The van der Waals surface area contributed by atoms with E-state index in [0.717, 1.165) is 11.6 Å². The van der Waals surface area contributed by atoms with Crippen molar-refractivity contribution < 1.29 is 22.7 Å². The van der Waals surface area contributed by atoms with Crippen LogP contribution in [0.3, 0.4) is 0 Å². The number of urea groups is 1. The number of aromatic nitrogens is 3. The van der Waals surface area contributed by atoms with Gasteiger partial charge in [-0.15, -0.1) is 0 Å². The zero-order chi connectivity index (χ0) is 29.7. The van der Waals surface area contributed by atoms with E-state index in [9.17, 15) is 18.0 Å². The van der Waals surface area contributed by atoms with Gasteiger partial charge in [-0.1, -0.05) is 51.1 Å². The van der Waals surface area contributed by atoms with Crippen molar-refractivity contribution >= 4 is 6.03 Å². The molecule has 4 rings (SSSR count). The summed E-state index contributed by atoms with van der Waals surface area (Å²) in [5.41, 5.74) is 6.51.